The molecule has 24 heavy (non-hydrogen) atoms. The summed E-state index contributed by atoms with van der Waals surface area (Å²) in [4.78, 5) is 27.3. The first kappa shape index (κ1) is 18.3. The number of likely N-dealkylation sites (tertiary alicyclic amines) is 1. The zero-order valence-electron chi connectivity index (χ0n) is 13.8. The second kappa shape index (κ2) is 8.18. The fourth-order valence-electron chi connectivity index (χ4n) is 2.77. The molecule has 1 saturated heterocycles. The Bertz CT molecular complexity index is 571. The number of hydrogen-bond donors (Lipinski definition) is 1. The van der Waals surface area contributed by atoms with Crippen molar-refractivity contribution >= 4 is 17.6 Å². The third-order valence-corrected chi connectivity index (χ3v) is 3.99. The van der Waals surface area contributed by atoms with Crippen LogP contribution in [0.1, 0.15) is 18.6 Å². The molecule has 1 aliphatic heterocycles. The number of piperidine rings is 1. The minimum atomic E-state index is -2.36. The summed E-state index contributed by atoms with van der Waals surface area (Å²) in [6.45, 7) is 2.30. The van der Waals surface area contributed by atoms with Gasteiger partial charge in [-0.2, -0.15) is 0 Å². The second-order valence-electron chi connectivity index (χ2n) is 6.03. The van der Waals surface area contributed by atoms with Gasteiger partial charge in [0.1, 0.15) is 5.76 Å². The van der Waals surface area contributed by atoms with Crippen molar-refractivity contribution in [3.63, 3.8) is 0 Å². The molecule has 2 heterocycles. The number of likely N-dealkylation sites (N-methyl/N-ethyl adjacent to an activating group) is 1. The Balaban J connectivity index is 1.77. The summed E-state index contributed by atoms with van der Waals surface area (Å²) in [7, 11) is 1.56. The van der Waals surface area contributed by atoms with Crippen molar-refractivity contribution in [1.82, 2.24) is 15.0 Å². The van der Waals surface area contributed by atoms with E-state index in [0.717, 1.165) is 0 Å². The number of hydrogen-bond acceptors (Lipinski definition) is 5. The van der Waals surface area contributed by atoms with Gasteiger partial charge in [0.2, 0.25) is 11.8 Å². The molecule has 7 nitrogen and oxygen atoms in total. The van der Waals surface area contributed by atoms with Crippen LogP contribution in [0.5, 0.6) is 0 Å². The van der Waals surface area contributed by atoms with Gasteiger partial charge in [0.05, 0.1) is 13.1 Å². The molecular weight excluding hydrogens is 322 g/mol. The Labute approximate surface area is 138 Å². The lowest BCUT2D eigenvalue weighted by Crippen LogP contribution is -2.44. The van der Waals surface area contributed by atoms with E-state index in [-0.39, 0.29) is 30.8 Å². The Morgan fingerprint density at radius 1 is 1.46 bits per heavy atom. The van der Waals surface area contributed by atoms with Gasteiger partial charge in [0, 0.05) is 19.0 Å². The van der Waals surface area contributed by atoms with E-state index < -0.39 is 6.43 Å². The number of aromatic nitrogens is 1. The highest BCUT2D eigenvalue weighted by Gasteiger charge is 2.28. The van der Waals surface area contributed by atoms with Crippen LogP contribution in [0.3, 0.4) is 0 Å². The number of alkyl halides is 2. The largest absolute Gasteiger partial charge is 0.360 e. The van der Waals surface area contributed by atoms with Crippen molar-refractivity contribution in [2.24, 2.45) is 5.92 Å². The molecule has 1 fully saturated rings. The van der Waals surface area contributed by atoms with Crippen LogP contribution in [0.2, 0.25) is 0 Å². The van der Waals surface area contributed by atoms with Crippen molar-refractivity contribution in [3.05, 3.63) is 11.8 Å². The van der Waals surface area contributed by atoms with E-state index in [1.807, 2.05) is 0 Å². The van der Waals surface area contributed by atoms with Crippen LogP contribution < -0.4 is 5.32 Å². The molecule has 0 spiro atoms. The first-order valence-corrected chi connectivity index (χ1v) is 7.84. The van der Waals surface area contributed by atoms with Crippen LogP contribution in [-0.4, -0.2) is 66.4 Å². The van der Waals surface area contributed by atoms with Crippen molar-refractivity contribution in [1.29, 1.82) is 0 Å². The first-order valence-electron chi connectivity index (χ1n) is 7.84. The molecule has 2 rings (SSSR count). The fraction of sp³-hybridized carbons (Fsp3) is 0.667. The lowest BCUT2D eigenvalue weighted by Gasteiger charge is -2.32. The molecule has 1 aliphatic rings. The lowest BCUT2D eigenvalue weighted by atomic mass is 9.95. The van der Waals surface area contributed by atoms with E-state index in [0.29, 0.717) is 37.5 Å². The van der Waals surface area contributed by atoms with Gasteiger partial charge in [-0.05, 0) is 32.9 Å². The Morgan fingerprint density at radius 2 is 2.12 bits per heavy atom. The summed E-state index contributed by atoms with van der Waals surface area (Å²) in [6, 6.07) is 1.58. The number of rotatable bonds is 6. The number of anilines is 1. The predicted molar refractivity (Wildman–Crippen MR) is 82.7 cm³/mol. The lowest BCUT2D eigenvalue weighted by molar-refractivity contribution is -0.138. The van der Waals surface area contributed by atoms with Gasteiger partial charge in [-0.3, -0.25) is 14.5 Å². The number of amides is 2. The summed E-state index contributed by atoms with van der Waals surface area (Å²) < 4.78 is 29.6. The predicted octanol–water partition coefficient (Wildman–Crippen LogP) is 1.36. The van der Waals surface area contributed by atoms with Gasteiger partial charge >= 0.3 is 0 Å². The number of aryl methyl sites for hydroxylation is 1. The van der Waals surface area contributed by atoms with Crippen LogP contribution in [0, 0.1) is 12.8 Å². The van der Waals surface area contributed by atoms with Crippen molar-refractivity contribution in [2.75, 3.05) is 38.5 Å². The summed E-state index contributed by atoms with van der Waals surface area (Å²) in [5, 5.41) is 6.20. The summed E-state index contributed by atoms with van der Waals surface area (Å²) in [5.41, 5.74) is 0. The second-order valence-corrected chi connectivity index (χ2v) is 6.03. The Morgan fingerprint density at radius 3 is 2.67 bits per heavy atom. The SMILES string of the molecule is Cc1cc(NC(=O)CN(C)C(=O)C2CCN(CC(F)F)CC2)no1. The minimum absolute atomic E-state index is 0.0952. The average Bonchev–Trinajstić information content (AvgIpc) is 2.91. The standard InChI is InChI=1S/C15H22F2N4O3/c1-10-7-13(19-24-10)18-14(22)9-20(2)15(23)11-3-5-21(6-4-11)8-12(16)17/h7,11-12H,3-6,8-9H2,1-2H3,(H,18,19,22). The quantitative estimate of drug-likeness (QED) is 0.843. The summed E-state index contributed by atoms with van der Waals surface area (Å²) in [5.74, 6) is 0.141. The maximum atomic E-state index is 12.4. The first-order chi connectivity index (χ1) is 11.3. The zero-order valence-corrected chi connectivity index (χ0v) is 13.8. The highest BCUT2D eigenvalue weighted by molar-refractivity contribution is 5.94. The number of nitrogens with zero attached hydrogens (tertiary/aromatic N) is 3. The van der Waals surface area contributed by atoms with Crippen molar-refractivity contribution < 1.29 is 22.9 Å². The molecule has 1 aromatic heterocycles. The number of carbonyl (C=O) groups is 2. The summed E-state index contributed by atoms with van der Waals surface area (Å²) >= 11 is 0. The zero-order chi connectivity index (χ0) is 17.7. The normalized spacial score (nSPS) is 16.4. The van der Waals surface area contributed by atoms with Gasteiger partial charge in [-0.1, -0.05) is 5.16 Å². The summed E-state index contributed by atoms with van der Waals surface area (Å²) in [6.07, 6.45) is -1.30. The van der Waals surface area contributed by atoms with Gasteiger partial charge < -0.3 is 14.7 Å². The molecule has 0 aromatic carbocycles. The van der Waals surface area contributed by atoms with Crippen molar-refractivity contribution in [3.8, 4) is 0 Å². The van der Waals surface area contributed by atoms with Crippen molar-refractivity contribution in [2.45, 2.75) is 26.2 Å². The van der Waals surface area contributed by atoms with E-state index in [1.54, 1.807) is 24.9 Å². The third-order valence-electron chi connectivity index (χ3n) is 3.99. The third kappa shape index (κ3) is 5.26. The molecule has 9 heteroatoms. The highest BCUT2D eigenvalue weighted by atomic mass is 19.3. The molecule has 1 N–H and O–H groups in total. The number of halogens is 2. The molecule has 0 aliphatic carbocycles. The maximum Gasteiger partial charge on any atom is 0.251 e. The van der Waals surface area contributed by atoms with Crippen LogP contribution in [0.4, 0.5) is 14.6 Å². The van der Waals surface area contributed by atoms with Gasteiger partial charge in [-0.25, -0.2) is 8.78 Å². The number of nitrogens with one attached hydrogen (secondary N) is 1. The molecule has 0 radical (unpaired) electrons. The molecule has 0 bridgehead atoms. The molecule has 0 saturated carbocycles. The van der Waals surface area contributed by atoms with Crippen LogP contribution in [-0.2, 0) is 9.59 Å². The average molecular weight is 344 g/mol. The van der Waals surface area contributed by atoms with Gasteiger partial charge in [-0.15, -0.1) is 0 Å². The fourth-order valence-corrected chi connectivity index (χ4v) is 2.77. The minimum Gasteiger partial charge on any atom is -0.360 e. The van der Waals surface area contributed by atoms with Gasteiger partial charge in [0.15, 0.2) is 5.82 Å². The van der Waals surface area contributed by atoms with Gasteiger partial charge in [0.25, 0.3) is 6.43 Å². The molecule has 1 aromatic rings. The monoisotopic (exact) mass is 344 g/mol. The van der Waals surface area contributed by atoms with Crippen LogP contribution in [0.15, 0.2) is 10.6 Å². The molecule has 0 atom stereocenters. The number of carbonyl (C=O) groups excluding carboxylic acids is 2. The Hall–Kier alpha value is -2.03. The van der Waals surface area contributed by atoms with E-state index in [1.165, 1.54) is 4.90 Å². The molecule has 2 amide bonds. The van der Waals surface area contributed by atoms with E-state index >= 15 is 0 Å². The Kier molecular flexibility index (Phi) is 6.24. The van der Waals surface area contributed by atoms with E-state index in [4.69, 9.17) is 4.52 Å². The smallest absolute Gasteiger partial charge is 0.251 e. The van der Waals surface area contributed by atoms with Crippen LogP contribution >= 0.6 is 0 Å². The topological polar surface area (TPSA) is 78.7 Å². The van der Waals surface area contributed by atoms with Crippen LogP contribution in [0.25, 0.3) is 0 Å². The molecular formula is C15H22F2N4O3. The maximum absolute atomic E-state index is 12.4. The molecule has 134 valence electrons. The molecule has 0 unspecified atom stereocenters. The highest BCUT2D eigenvalue weighted by Crippen LogP contribution is 2.20. The van der Waals surface area contributed by atoms with E-state index in [9.17, 15) is 18.4 Å². The van der Waals surface area contributed by atoms with E-state index in [2.05, 4.69) is 10.5 Å².